The Labute approximate surface area is 202 Å². The molecule has 7 heteroatoms. The van der Waals surface area contributed by atoms with Gasteiger partial charge in [0.05, 0.1) is 10.6 Å². The second kappa shape index (κ2) is 9.33. The summed E-state index contributed by atoms with van der Waals surface area (Å²) in [5.74, 6) is -0.170. The summed E-state index contributed by atoms with van der Waals surface area (Å²) in [5, 5.41) is 3.66. The van der Waals surface area contributed by atoms with E-state index < -0.39 is 0 Å². The molecule has 0 unspecified atom stereocenters. The lowest BCUT2D eigenvalue weighted by Gasteiger charge is -2.36. The molecule has 0 aliphatic carbocycles. The zero-order valence-corrected chi connectivity index (χ0v) is 19.4. The Hall–Kier alpha value is -3.22. The number of nitrogens with zero attached hydrogens (tertiary/aromatic N) is 2. The summed E-state index contributed by atoms with van der Waals surface area (Å²) < 4.78 is 0. The van der Waals surface area contributed by atoms with Crippen molar-refractivity contribution in [2.75, 3.05) is 36.4 Å². The van der Waals surface area contributed by atoms with Crippen molar-refractivity contribution >= 4 is 52.6 Å². The molecule has 0 aromatic heterocycles. The van der Waals surface area contributed by atoms with E-state index in [1.54, 1.807) is 6.07 Å². The average Bonchev–Trinajstić information content (AvgIpc) is 2.85. The normalized spacial score (nSPS) is 17.0. The van der Waals surface area contributed by atoms with Crippen LogP contribution >= 0.6 is 23.4 Å². The minimum Gasteiger partial charge on any atom is -0.368 e. The van der Waals surface area contributed by atoms with Gasteiger partial charge in [-0.3, -0.25) is 9.59 Å². The highest BCUT2D eigenvalue weighted by Gasteiger charge is 2.25. The Morgan fingerprint density at radius 1 is 0.939 bits per heavy atom. The molecule has 33 heavy (non-hydrogen) atoms. The number of carbonyl (C=O) groups excluding carboxylic acids is 2. The van der Waals surface area contributed by atoms with Crippen LogP contribution in [0.2, 0.25) is 5.02 Å². The van der Waals surface area contributed by atoms with Crippen molar-refractivity contribution in [3.8, 4) is 0 Å². The minimum atomic E-state index is -0.155. The highest BCUT2D eigenvalue weighted by molar-refractivity contribution is 8.04. The Morgan fingerprint density at radius 3 is 2.39 bits per heavy atom. The lowest BCUT2D eigenvalue weighted by Crippen LogP contribution is -2.48. The van der Waals surface area contributed by atoms with E-state index in [4.69, 9.17) is 11.6 Å². The van der Waals surface area contributed by atoms with Gasteiger partial charge < -0.3 is 15.1 Å². The van der Waals surface area contributed by atoms with E-state index in [0.29, 0.717) is 34.3 Å². The monoisotopic (exact) mass is 475 g/mol. The number of piperazine rings is 1. The van der Waals surface area contributed by atoms with Crippen molar-refractivity contribution in [1.82, 2.24) is 4.90 Å². The number of carbonyl (C=O) groups is 2. The molecule has 166 valence electrons. The molecule has 2 amide bonds. The first-order valence-corrected chi connectivity index (χ1v) is 12.0. The summed E-state index contributed by atoms with van der Waals surface area (Å²) in [6, 6.07) is 23.1. The number of benzene rings is 3. The molecule has 5 nitrogen and oxygen atoms in total. The van der Waals surface area contributed by atoms with Crippen LogP contribution in [0.5, 0.6) is 0 Å². The Kier molecular flexibility index (Phi) is 6.11. The van der Waals surface area contributed by atoms with E-state index in [0.717, 1.165) is 29.2 Å². The van der Waals surface area contributed by atoms with E-state index >= 15 is 0 Å². The van der Waals surface area contributed by atoms with Gasteiger partial charge in [-0.15, -0.1) is 0 Å². The molecule has 0 radical (unpaired) electrons. The van der Waals surface area contributed by atoms with E-state index in [1.807, 2.05) is 77.7 Å². The van der Waals surface area contributed by atoms with Crippen LogP contribution in [0.25, 0.3) is 6.08 Å². The summed E-state index contributed by atoms with van der Waals surface area (Å²) in [6.07, 6.45) is 1.88. The molecule has 1 N–H and O–H groups in total. The highest BCUT2D eigenvalue weighted by Crippen LogP contribution is 2.39. The predicted octanol–water partition coefficient (Wildman–Crippen LogP) is 5.39. The van der Waals surface area contributed by atoms with Gasteiger partial charge in [-0.1, -0.05) is 53.7 Å². The van der Waals surface area contributed by atoms with Gasteiger partial charge in [0, 0.05) is 47.3 Å². The molecular weight excluding hydrogens is 454 g/mol. The van der Waals surface area contributed by atoms with Crippen molar-refractivity contribution in [2.24, 2.45) is 0 Å². The van der Waals surface area contributed by atoms with Gasteiger partial charge in [0.2, 0.25) is 0 Å². The zero-order chi connectivity index (χ0) is 22.8. The van der Waals surface area contributed by atoms with Crippen molar-refractivity contribution in [3.63, 3.8) is 0 Å². The summed E-state index contributed by atoms with van der Waals surface area (Å²) in [7, 11) is 0. The molecule has 5 rings (SSSR count). The average molecular weight is 476 g/mol. The second-order valence-corrected chi connectivity index (χ2v) is 9.46. The molecule has 1 saturated heterocycles. The third-order valence-electron chi connectivity index (χ3n) is 5.77. The molecule has 0 atom stereocenters. The first-order chi connectivity index (χ1) is 16.1. The SMILES string of the molecule is O=C1Nc2cc(C(=O)N3CCN(c4ccc(Cl)cc4)CC3)ccc2SC1=Cc1ccccc1. The number of rotatable bonds is 3. The van der Waals surface area contributed by atoms with Gasteiger partial charge in [0.1, 0.15) is 0 Å². The zero-order valence-electron chi connectivity index (χ0n) is 17.8. The fraction of sp³-hybridized carbons (Fsp3) is 0.154. The largest absolute Gasteiger partial charge is 0.368 e. The first kappa shape index (κ1) is 21.6. The number of thioether (sulfide) groups is 1. The maximum absolute atomic E-state index is 13.1. The smallest absolute Gasteiger partial charge is 0.262 e. The fourth-order valence-corrected chi connectivity index (χ4v) is 5.05. The van der Waals surface area contributed by atoms with Gasteiger partial charge in [-0.2, -0.15) is 0 Å². The van der Waals surface area contributed by atoms with Crippen molar-refractivity contribution in [2.45, 2.75) is 4.90 Å². The summed E-state index contributed by atoms with van der Waals surface area (Å²) >= 11 is 7.41. The number of halogens is 1. The Balaban J connectivity index is 1.26. The molecule has 3 aromatic rings. The Morgan fingerprint density at radius 2 is 1.67 bits per heavy atom. The summed E-state index contributed by atoms with van der Waals surface area (Å²) in [6.45, 7) is 2.81. The third-order valence-corrected chi connectivity index (χ3v) is 7.13. The van der Waals surface area contributed by atoms with E-state index in [2.05, 4.69) is 10.2 Å². The van der Waals surface area contributed by atoms with Crippen molar-refractivity contribution in [1.29, 1.82) is 0 Å². The van der Waals surface area contributed by atoms with Crippen LogP contribution in [0.15, 0.2) is 82.6 Å². The maximum Gasteiger partial charge on any atom is 0.262 e. The highest BCUT2D eigenvalue weighted by atomic mass is 35.5. The lowest BCUT2D eigenvalue weighted by atomic mass is 10.1. The number of anilines is 2. The van der Waals surface area contributed by atoms with Crippen LogP contribution in [0.4, 0.5) is 11.4 Å². The molecule has 3 aromatic carbocycles. The van der Waals surface area contributed by atoms with Gasteiger partial charge >= 0.3 is 0 Å². The van der Waals surface area contributed by atoms with E-state index in [9.17, 15) is 9.59 Å². The minimum absolute atomic E-state index is 0.0153. The standard InChI is InChI=1S/C26H22ClN3O2S/c27-20-7-9-21(10-8-20)29-12-14-30(15-13-29)26(32)19-6-11-23-22(17-19)28-25(31)24(33-23)16-18-4-2-1-3-5-18/h1-11,16-17H,12-15H2,(H,28,31). The van der Waals surface area contributed by atoms with Gasteiger partial charge in [0.15, 0.2) is 0 Å². The van der Waals surface area contributed by atoms with E-state index in [-0.39, 0.29) is 11.8 Å². The van der Waals surface area contributed by atoms with Crippen LogP contribution < -0.4 is 10.2 Å². The molecule has 2 heterocycles. The van der Waals surface area contributed by atoms with Crippen LogP contribution in [-0.4, -0.2) is 42.9 Å². The van der Waals surface area contributed by atoms with Crippen LogP contribution in [0.3, 0.4) is 0 Å². The number of nitrogens with one attached hydrogen (secondary N) is 1. The van der Waals surface area contributed by atoms with Gasteiger partial charge in [-0.05, 0) is 54.1 Å². The van der Waals surface area contributed by atoms with Crippen molar-refractivity contribution < 1.29 is 9.59 Å². The van der Waals surface area contributed by atoms with Crippen LogP contribution in [0.1, 0.15) is 15.9 Å². The number of fused-ring (bicyclic) bond motifs is 1. The van der Waals surface area contributed by atoms with Crippen LogP contribution in [-0.2, 0) is 4.79 Å². The lowest BCUT2D eigenvalue weighted by molar-refractivity contribution is -0.112. The molecule has 2 aliphatic rings. The predicted molar refractivity (Wildman–Crippen MR) is 135 cm³/mol. The second-order valence-electron chi connectivity index (χ2n) is 7.94. The molecule has 0 bridgehead atoms. The number of amides is 2. The van der Waals surface area contributed by atoms with E-state index in [1.165, 1.54) is 11.8 Å². The quantitative estimate of drug-likeness (QED) is 0.516. The molecule has 1 fully saturated rings. The topological polar surface area (TPSA) is 52.7 Å². The number of hydrogen-bond donors (Lipinski definition) is 1. The van der Waals surface area contributed by atoms with Crippen molar-refractivity contribution in [3.05, 3.63) is 93.9 Å². The third kappa shape index (κ3) is 4.77. The molecule has 0 saturated carbocycles. The number of hydrogen-bond acceptors (Lipinski definition) is 4. The Bertz CT molecular complexity index is 1220. The van der Waals surface area contributed by atoms with Gasteiger partial charge in [0.25, 0.3) is 11.8 Å². The molecule has 0 spiro atoms. The van der Waals surface area contributed by atoms with Crippen LogP contribution in [0, 0.1) is 0 Å². The maximum atomic E-state index is 13.1. The fourth-order valence-electron chi connectivity index (χ4n) is 4.00. The first-order valence-electron chi connectivity index (χ1n) is 10.8. The summed E-state index contributed by atoms with van der Waals surface area (Å²) in [5.41, 5.74) is 3.36. The molecular formula is C26H22ClN3O2S. The molecule has 2 aliphatic heterocycles. The van der Waals surface area contributed by atoms with Gasteiger partial charge in [-0.25, -0.2) is 0 Å². The summed E-state index contributed by atoms with van der Waals surface area (Å²) in [4.78, 5) is 31.4.